The van der Waals surface area contributed by atoms with Crippen LogP contribution in [0.5, 0.6) is 0 Å². The van der Waals surface area contributed by atoms with Crippen molar-refractivity contribution in [1.29, 1.82) is 0 Å². The molecule has 5 nitrogen and oxygen atoms in total. The third kappa shape index (κ3) is 2.97. The lowest BCUT2D eigenvalue weighted by molar-refractivity contribution is -0.139. The van der Waals surface area contributed by atoms with Gasteiger partial charge in [-0.05, 0) is 18.9 Å². The van der Waals surface area contributed by atoms with Gasteiger partial charge >= 0.3 is 0 Å². The maximum Gasteiger partial charge on any atom is 0.225 e. The predicted molar refractivity (Wildman–Crippen MR) is 72.6 cm³/mol. The zero-order valence-corrected chi connectivity index (χ0v) is 11.4. The van der Waals surface area contributed by atoms with Crippen molar-refractivity contribution in [3.05, 3.63) is 18.5 Å². The van der Waals surface area contributed by atoms with E-state index in [2.05, 4.69) is 14.9 Å². The fourth-order valence-corrected chi connectivity index (χ4v) is 2.78. The first-order chi connectivity index (χ1) is 9.33. The molecule has 1 saturated carbocycles. The lowest BCUT2D eigenvalue weighted by Crippen LogP contribution is -2.51. The van der Waals surface area contributed by atoms with Crippen LogP contribution in [0.15, 0.2) is 18.5 Å². The number of rotatable bonds is 4. The SMILES string of the molecule is O=C(C1CCC1)N1CCN(CCn2cccn2)CC1. The molecule has 1 aliphatic carbocycles. The van der Waals surface area contributed by atoms with Gasteiger partial charge in [0.15, 0.2) is 0 Å². The van der Waals surface area contributed by atoms with Crippen molar-refractivity contribution in [2.24, 2.45) is 5.92 Å². The third-order valence-electron chi connectivity index (χ3n) is 4.34. The molecule has 0 unspecified atom stereocenters. The third-order valence-corrected chi connectivity index (χ3v) is 4.34. The Morgan fingerprint density at radius 2 is 1.95 bits per heavy atom. The van der Waals surface area contributed by atoms with Gasteiger partial charge in [0.25, 0.3) is 0 Å². The number of carbonyl (C=O) groups is 1. The topological polar surface area (TPSA) is 41.4 Å². The van der Waals surface area contributed by atoms with Crippen LogP contribution in [0.1, 0.15) is 19.3 Å². The molecule has 3 rings (SSSR count). The van der Waals surface area contributed by atoms with Crippen LogP contribution < -0.4 is 0 Å². The van der Waals surface area contributed by atoms with E-state index in [1.807, 2.05) is 23.1 Å². The summed E-state index contributed by atoms with van der Waals surface area (Å²) in [6, 6.07) is 1.95. The van der Waals surface area contributed by atoms with Gasteiger partial charge in [-0.25, -0.2) is 0 Å². The van der Waals surface area contributed by atoms with Crippen molar-refractivity contribution >= 4 is 5.91 Å². The summed E-state index contributed by atoms with van der Waals surface area (Å²) >= 11 is 0. The average Bonchev–Trinajstić information content (AvgIpc) is 2.88. The molecule has 0 N–H and O–H groups in total. The lowest BCUT2D eigenvalue weighted by atomic mass is 9.84. The molecule has 1 aromatic heterocycles. The van der Waals surface area contributed by atoms with Gasteiger partial charge in [0.1, 0.15) is 0 Å². The molecule has 1 amide bonds. The maximum absolute atomic E-state index is 12.1. The minimum absolute atomic E-state index is 0.343. The van der Waals surface area contributed by atoms with Gasteiger partial charge in [-0.3, -0.25) is 14.4 Å². The van der Waals surface area contributed by atoms with Crippen LogP contribution in [0.25, 0.3) is 0 Å². The van der Waals surface area contributed by atoms with Crippen molar-refractivity contribution in [2.45, 2.75) is 25.8 Å². The Balaban J connectivity index is 1.40. The molecule has 5 heteroatoms. The van der Waals surface area contributed by atoms with Gasteiger partial charge in [0, 0.05) is 51.0 Å². The second-order valence-corrected chi connectivity index (χ2v) is 5.56. The van der Waals surface area contributed by atoms with E-state index in [4.69, 9.17) is 0 Å². The Morgan fingerprint density at radius 3 is 2.53 bits per heavy atom. The number of carbonyl (C=O) groups excluding carboxylic acids is 1. The summed E-state index contributed by atoms with van der Waals surface area (Å²) in [6.45, 7) is 5.75. The first kappa shape index (κ1) is 12.7. The molecule has 2 fully saturated rings. The number of amides is 1. The van der Waals surface area contributed by atoms with E-state index in [9.17, 15) is 4.79 Å². The normalized spacial score (nSPS) is 21.4. The van der Waals surface area contributed by atoms with E-state index in [-0.39, 0.29) is 0 Å². The van der Waals surface area contributed by atoms with Crippen LogP contribution in [0.3, 0.4) is 0 Å². The van der Waals surface area contributed by atoms with E-state index in [0.717, 1.165) is 52.1 Å². The van der Waals surface area contributed by atoms with Crippen LogP contribution in [0.4, 0.5) is 0 Å². The summed E-state index contributed by atoms with van der Waals surface area (Å²) in [6.07, 6.45) is 7.27. The van der Waals surface area contributed by atoms with E-state index in [1.54, 1.807) is 0 Å². The number of piperazine rings is 1. The molecule has 1 saturated heterocycles. The van der Waals surface area contributed by atoms with Crippen LogP contribution in [-0.4, -0.2) is 58.2 Å². The van der Waals surface area contributed by atoms with E-state index < -0.39 is 0 Å². The largest absolute Gasteiger partial charge is 0.340 e. The zero-order chi connectivity index (χ0) is 13.1. The van der Waals surface area contributed by atoms with Crippen molar-refractivity contribution in [3.8, 4) is 0 Å². The molecule has 2 aliphatic rings. The van der Waals surface area contributed by atoms with Crippen molar-refractivity contribution in [1.82, 2.24) is 19.6 Å². The summed E-state index contributed by atoms with van der Waals surface area (Å²) in [7, 11) is 0. The monoisotopic (exact) mass is 262 g/mol. The van der Waals surface area contributed by atoms with Gasteiger partial charge < -0.3 is 4.90 Å². The van der Waals surface area contributed by atoms with Crippen molar-refractivity contribution < 1.29 is 4.79 Å². The number of hydrogen-bond acceptors (Lipinski definition) is 3. The standard InChI is InChI=1S/C14H22N4O/c19-14(13-3-1-4-13)17-10-7-16(8-11-17)9-12-18-6-2-5-15-18/h2,5-6,13H,1,3-4,7-12H2. The second kappa shape index (κ2) is 5.74. The van der Waals surface area contributed by atoms with Gasteiger partial charge in [0.05, 0.1) is 6.54 Å². The summed E-state index contributed by atoms with van der Waals surface area (Å²) in [5.74, 6) is 0.744. The fourth-order valence-electron chi connectivity index (χ4n) is 2.78. The highest BCUT2D eigenvalue weighted by Gasteiger charge is 2.30. The first-order valence-electron chi connectivity index (χ1n) is 7.31. The summed E-state index contributed by atoms with van der Waals surface area (Å²) in [4.78, 5) is 16.6. The number of hydrogen-bond donors (Lipinski definition) is 0. The van der Waals surface area contributed by atoms with Gasteiger partial charge in [-0.15, -0.1) is 0 Å². The average molecular weight is 262 g/mol. The molecular formula is C14H22N4O. The summed E-state index contributed by atoms with van der Waals surface area (Å²) < 4.78 is 1.96. The first-order valence-corrected chi connectivity index (χ1v) is 7.31. The Labute approximate surface area is 114 Å². The molecule has 104 valence electrons. The van der Waals surface area contributed by atoms with Gasteiger partial charge in [-0.2, -0.15) is 5.10 Å². The Morgan fingerprint density at radius 1 is 1.16 bits per heavy atom. The summed E-state index contributed by atoms with van der Waals surface area (Å²) in [5.41, 5.74) is 0. The Bertz CT molecular complexity index is 405. The molecule has 0 atom stereocenters. The second-order valence-electron chi connectivity index (χ2n) is 5.56. The fraction of sp³-hybridized carbons (Fsp3) is 0.714. The van der Waals surface area contributed by atoms with E-state index in [0.29, 0.717) is 11.8 Å². The minimum atomic E-state index is 0.343. The quantitative estimate of drug-likeness (QED) is 0.807. The van der Waals surface area contributed by atoms with E-state index in [1.165, 1.54) is 6.42 Å². The molecule has 0 aromatic carbocycles. The smallest absolute Gasteiger partial charge is 0.225 e. The van der Waals surface area contributed by atoms with Crippen LogP contribution in [0.2, 0.25) is 0 Å². The number of nitrogens with zero attached hydrogens (tertiary/aromatic N) is 4. The van der Waals surface area contributed by atoms with Crippen LogP contribution in [0, 0.1) is 5.92 Å². The van der Waals surface area contributed by atoms with Gasteiger partial charge in [0.2, 0.25) is 5.91 Å². The minimum Gasteiger partial charge on any atom is -0.340 e. The molecule has 0 bridgehead atoms. The Hall–Kier alpha value is -1.36. The van der Waals surface area contributed by atoms with Crippen LogP contribution >= 0.6 is 0 Å². The van der Waals surface area contributed by atoms with Crippen molar-refractivity contribution in [2.75, 3.05) is 32.7 Å². The number of aromatic nitrogens is 2. The molecular weight excluding hydrogens is 240 g/mol. The highest BCUT2D eigenvalue weighted by molar-refractivity contribution is 5.79. The van der Waals surface area contributed by atoms with Gasteiger partial charge in [-0.1, -0.05) is 6.42 Å². The highest BCUT2D eigenvalue weighted by Crippen LogP contribution is 2.28. The lowest BCUT2D eigenvalue weighted by Gasteiger charge is -2.38. The van der Waals surface area contributed by atoms with E-state index >= 15 is 0 Å². The highest BCUT2D eigenvalue weighted by atomic mass is 16.2. The zero-order valence-electron chi connectivity index (χ0n) is 11.4. The molecule has 2 heterocycles. The van der Waals surface area contributed by atoms with Crippen LogP contribution in [-0.2, 0) is 11.3 Å². The molecule has 19 heavy (non-hydrogen) atoms. The maximum atomic E-state index is 12.1. The molecule has 1 aromatic rings. The predicted octanol–water partition coefficient (Wildman–Crippen LogP) is 0.827. The molecule has 0 radical (unpaired) electrons. The molecule has 0 spiro atoms. The molecule has 1 aliphatic heterocycles. The Kier molecular flexibility index (Phi) is 3.82. The van der Waals surface area contributed by atoms with Crippen molar-refractivity contribution in [3.63, 3.8) is 0 Å². The summed E-state index contributed by atoms with van der Waals surface area (Å²) in [5, 5.41) is 4.21.